The summed E-state index contributed by atoms with van der Waals surface area (Å²) < 4.78 is 12.1. The molecular formula is C25H37Cl2N3O2. The molecule has 32 heavy (non-hydrogen) atoms. The van der Waals surface area contributed by atoms with E-state index in [1.165, 1.54) is 57.8 Å². The van der Waals surface area contributed by atoms with E-state index in [1.54, 1.807) is 0 Å². The molecule has 178 valence electrons. The Morgan fingerprint density at radius 2 is 1.19 bits per heavy atom. The van der Waals surface area contributed by atoms with Gasteiger partial charge in [0.05, 0.1) is 18.8 Å². The molecule has 0 amide bonds. The van der Waals surface area contributed by atoms with E-state index >= 15 is 0 Å². The molecular weight excluding hydrogens is 445 g/mol. The first-order valence-electron chi connectivity index (χ1n) is 12.1. The second-order valence-corrected chi connectivity index (χ2v) is 8.76. The van der Waals surface area contributed by atoms with Gasteiger partial charge in [-0.2, -0.15) is 15.0 Å². The van der Waals surface area contributed by atoms with Gasteiger partial charge in [0.1, 0.15) is 11.5 Å². The van der Waals surface area contributed by atoms with E-state index in [1.807, 2.05) is 18.2 Å². The van der Waals surface area contributed by atoms with Crippen molar-refractivity contribution in [3.8, 4) is 22.9 Å². The third kappa shape index (κ3) is 10.4. The Kier molecular flexibility index (Phi) is 13.4. The maximum Gasteiger partial charge on any atom is 0.227 e. The lowest BCUT2D eigenvalue weighted by Crippen LogP contribution is -2.03. The Morgan fingerprint density at radius 1 is 0.656 bits per heavy atom. The van der Waals surface area contributed by atoms with E-state index in [0.29, 0.717) is 24.8 Å². The van der Waals surface area contributed by atoms with Crippen LogP contribution in [0.2, 0.25) is 10.6 Å². The minimum atomic E-state index is 0.0604. The van der Waals surface area contributed by atoms with Crippen LogP contribution in [0.25, 0.3) is 11.4 Å². The summed E-state index contributed by atoms with van der Waals surface area (Å²) in [6, 6.07) is 5.72. The fourth-order valence-corrected chi connectivity index (χ4v) is 3.84. The highest BCUT2D eigenvalue weighted by atomic mass is 35.5. The number of hydrogen-bond donors (Lipinski definition) is 0. The van der Waals surface area contributed by atoms with E-state index in [0.717, 1.165) is 30.6 Å². The molecule has 0 saturated carbocycles. The Balaban J connectivity index is 1.98. The molecule has 0 radical (unpaired) electrons. The summed E-state index contributed by atoms with van der Waals surface area (Å²) in [6.45, 7) is 5.79. The number of benzene rings is 1. The predicted octanol–water partition coefficient (Wildman–Crippen LogP) is 8.32. The van der Waals surface area contributed by atoms with Crippen LogP contribution >= 0.6 is 23.2 Å². The zero-order valence-corrected chi connectivity index (χ0v) is 21.1. The van der Waals surface area contributed by atoms with Gasteiger partial charge in [0, 0.05) is 6.07 Å². The van der Waals surface area contributed by atoms with E-state index < -0.39 is 0 Å². The zero-order valence-electron chi connectivity index (χ0n) is 19.5. The normalized spacial score (nSPS) is 11.0. The van der Waals surface area contributed by atoms with Gasteiger partial charge >= 0.3 is 0 Å². The maximum absolute atomic E-state index is 6.12. The second kappa shape index (κ2) is 16.1. The summed E-state index contributed by atoms with van der Waals surface area (Å²) in [5.74, 6) is 1.86. The van der Waals surface area contributed by atoms with Crippen LogP contribution in [0.4, 0.5) is 0 Å². The molecule has 0 saturated heterocycles. The van der Waals surface area contributed by atoms with Crippen LogP contribution in [0.1, 0.15) is 90.9 Å². The average Bonchev–Trinajstić information content (AvgIpc) is 2.77. The number of halogens is 2. The maximum atomic E-state index is 6.12. The quantitative estimate of drug-likeness (QED) is 0.212. The van der Waals surface area contributed by atoms with Crippen molar-refractivity contribution in [2.75, 3.05) is 13.2 Å². The topological polar surface area (TPSA) is 57.1 Å². The lowest BCUT2D eigenvalue weighted by Gasteiger charge is -2.14. The molecule has 7 heteroatoms. The van der Waals surface area contributed by atoms with E-state index in [9.17, 15) is 0 Å². The SMILES string of the molecule is CCCCCCCCOc1ccc(-c2nc(Cl)nc(Cl)n2)c(OCCCCCCCC)c1. The Morgan fingerprint density at radius 3 is 1.78 bits per heavy atom. The first-order chi connectivity index (χ1) is 15.6. The highest BCUT2D eigenvalue weighted by Gasteiger charge is 2.14. The smallest absolute Gasteiger partial charge is 0.227 e. The molecule has 0 bridgehead atoms. The standard InChI is InChI=1S/C25H37Cl2N3O2/c1-3-5-7-9-11-13-17-31-20-15-16-21(23-28-24(26)30-25(27)29-23)22(19-20)32-18-14-12-10-8-6-4-2/h15-16,19H,3-14,17-18H2,1-2H3. The first-order valence-corrected chi connectivity index (χ1v) is 12.9. The van der Waals surface area contributed by atoms with Crippen molar-refractivity contribution in [2.24, 2.45) is 0 Å². The Hall–Kier alpha value is -1.59. The highest BCUT2D eigenvalue weighted by molar-refractivity contribution is 6.31. The van der Waals surface area contributed by atoms with Crippen molar-refractivity contribution >= 4 is 23.2 Å². The Labute approximate surface area is 203 Å². The monoisotopic (exact) mass is 481 g/mol. The molecule has 0 aliphatic heterocycles. The number of rotatable bonds is 17. The van der Waals surface area contributed by atoms with Crippen LogP contribution in [-0.4, -0.2) is 28.2 Å². The summed E-state index contributed by atoms with van der Waals surface area (Å²) in [4.78, 5) is 12.3. The number of aromatic nitrogens is 3. The van der Waals surface area contributed by atoms with Crippen LogP contribution in [0.5, 0.6) is 11.5 Å². The number of unbranched alkanes of at least 4 members (excludes halogenated alkanes) is 10. The van der Waals surface area contributed by atoms with E-state index in [2.05, 4.69) is 28.8 Å². The number of ether oxygens (including phenoxy) is 2. The van der Waals surface area contributed by atoms with Crippen molar-refractivity contribution in [3.63, 3.8) is 0 Å². The summed E-state index contributed by atoms with van der Waals surface area (Å²) in [5, 5.41) is 0.121. The van der Waals surface area contributed by atoms with Crippen LogP contribution in [-0.2, 0) is 0 Å². The molecule has 5 nitrogen and oxygen atoms in total. The molecule has 0 aliphatic carbocycles. The first kappa shape index (κ1) is 26.7. The van der Waals surface area contributed by atoms with Gasteiger partial charge in [0.25, 0.3) is 0 Å². The molecule has 0 fully saturated rings. The third-order valence-corrected chi connectivity index (χ3v) is 5.63. The predicted molar refractivity (Wildman–Crippen MR) is 133 cm³/mol. The summed E-state index contributed by atoms with van der Waals surface area (Å²) in [5.41, 5.74) is 0.731. The van der Waals surface area contributed by atoms with Gasteiger partial charge < -0.3 is 9.47 Å². The summed E-state index contributed by atoms with van der Waals surface area (Å²) in [6.07, 6.45) is 14.6. The zero-order chi connectivity index (χ0) is 23.0. The molecule has 1 heterocycles. The van der Waals surface area contributed by atoms with Crippen LogP contribution in [0, 0.1) is 0 Å². The van der Waals surface area contributed by atoms with Gasteiger partial charge in [0.2, 0.25) is 10.6 Å². The largest absolute Gasteiger partial charge is 0.493 e. The molecule has 2 aromatic rings. The van der Waals surface area contributed by atoms with Gasteiger partial charge in [-0.15, -0.1) is 0 Å². The minimum Gasteiger partial charge on any atom is -0.493 e. The van der Waals surface area contributed by atoms with Crippen LogP contribution in [0.15, 0.2) is 18.2 Å². The summed E-state index contributed by atoms with van der Waals surface area (Å²) in [7, 11) is 0. The molecule has 0 unspecified atom stereocenters. The molecule has 1 aromatic carbocycles. The fourth-order valence-electron chi connectivity index (χ4n) is 3.48. The van der Waals surface area contributed by atoms with E-state index in [4.69, 9.17) is 32.7 Å². The van der Waals surface area contributed by atoms with Crippen molar-refractivity contribution in [1.29, 1.82) is 0 Å². The summed E-state index contributed by atoms with van der Waals surface area (Å²) >= 11 is 12.0. The van der Waals surface area contributed by atoms with Gasteiger partial charge in [0.15, 0.2) is 5.82 Å². The average molecular weight is 482 g/mol. The fraction of sp³-hybridized carbons (Fsp3) is 0.640. The highest BCUT2D eigenvalue weighted by Crippen LogP contribution is 2.33. The molecule has 1 aromatic heterocycles. The molecule has 0 atom stereocenters. The second-order valence-electron chi connectivity index (χ2n) is 8.09. The molecule has 0 N–H and O–H groups in total. The van der Waals surface area contributed by atoms with Gasteiger partial charge in [-0.1, -0.05) is 78.1 Å². The van der Waals surface area contributed by atoms with Crippen molar-refractivity contribution < 1.29 is 9.47 Å². The van der Waals surface area contributed by atoms with Crippen molar-refractivity contribution in [2.45, 2.75) is 90.9 Å². The van der Waals surface area contributed by atoms with Crippen LogP contribution in [0.3, 0.4) is 0 Å². The van der Waals surface area contributed by atoms with Gasteiger partial charge in [-0.25, -0.2) is 0 Å². The molecule has 2 rings (SSSR count). The molecule has 0 aliphatic rings. The Bertz CT molecular complexity index is 770. The molecule has 0 spiro atoms. The van der Waals surface area contributed by atoms with Crippen molar-refractivity contribution in [3.05, 3.63) is 28.8 Å². The van der Waals surface area contributed by atoms with E-state index in [-0.39, 0.29) is 10.6 Å². The van der Waals surface area contributed by atoms with Crippen molar-refractivity contribution in [1.82, 2.24) is 15.0 Å². The number of hydrogen-bond acceptors (Lipinski definition) is 5. The van der Waals surface area contributed by atoms with Gasteiger partial charge in [-0.05, 0) is 48.2 Å². The number of nitrogens with zero attached hydrogens (tertiary/aromatic N) is 3. The van der Waals surface area contributed by atoms with Gasteiger partial charge in [-0.3, -0.25) is 0 Å². The lowest BCUT2D eigenvalue weighted by molar-refractivity contribution is 0.290. The lowest BCUT2D eigenvalue weighted by atomic mass is 10.1. The third-order valence-electron chi connectivity index (χ3n) is 5.30. The van der Waals surface area contributed by atoms with Crippen LogP contribution < -0.4 is 9.47 Å². The minimum absolute atomic E-state index is 0.0604.